The fraction of sp³-hybridized carbons (Fsp3) is 0.529. The zero-order valence-corrected chi connectivity index (χ0v) is 13.8. The molecule has 0 aliphatic rings. The van der Waals surface area contributed by atoms with E-state index in [1.165, 1.54) is 0 Å². The highest BCUT2D eigenvalue weighted by Gasteiger charge is 2.11. The predicted octanol–water partition coefficient (Wildman–Crippen LogP) is 3.10. The standard InChI is InChI=1S/C17H27N3O2/c1-4-11-20(12-5-2)17(22)13-18-14-7-9-15(10-8-14)19-16(21)6-3/h7-10,18H,4-6,11-13H2,1-3H3,(H,19,21). The lowest BCUT2D eigenvalue weighted by Gasteiger charge is -2.21. The summed E-state index contributed by atoms with van der Waals surface area (Å²) in [6.45, 7) is 7.86. The van der Waals surface area contributed by atoms with Crippen LogP contribution in [0, 0.1) is 0 Å². The quantitative estimate of drug-likeness (QED) is 0.737. The highest BCUT2D eigenvalue weighted by molar-refractivity contribution is 5.90. The first-order chi connectivity index (χ1) is 10.6. The molecule has 0 spiro atoms. The number of benzene rings is 1. The number of anilines is 2. The highest BCUT2D eigenvalue weighted by Crippen LogP contribution is 2.13. The summed E-state index contributed by atoms with van der Waals surface area (Å²) >= 11 is 0. The van der Waals surface area contributed by atoms with Gasteiger partial charge in [0.05, 0.1) is 6.54 Å². The van der Waals surface area contributed by atoms with Crippen LogP contribution in [0.25, 0.3) is 0 Å². The van der Waals surface area contributed by atoms with Gasteiger partial charge in [-0.25, -0.2) is 0 Å². The first-order valence-electron chi connectivity index (χ1n) is 8.02. The number of carbonyl (C=O) groups excluding carboxylic acids is 2. The van der Waals surface area contributed by atoms with Crippen LogP contribution < -0.4 is 10.6 Å². The summed E-state index contributed by atoms with van der Waals surface area (Å²) in [6.07, 6.45) is 2.40. The van der Waals surface area contributed by atoms with Crippen LogP contribution in [0.5, 0.6) is 0 Å². The smallest absolute Gasteiger partial charge is 0.241 e. The average molecular weight is 305 g/mol. The SMILES string of the molecule is CCCN(CCC)C(=O)CNc1ccc(NC(=O)CC)cc1. The lowest BCUT2D eigenvalue weighted by molar-refractivity contribution is -0.129. The number of hydrogen-bond acceptors (Lipinski definition) is 3. The van der Waals surface area contributed by atoms with E-state index in [1.807, 2.05) is 36.1 Å². The fourth-order valence-electron chi connectivity index (χ4n) is 2.11. The van der Waals surface area contributed by atoms with Crippen molar-refractivity contribution in [1.29, 1.82) is 0 Å². The maximum atomic E-state index is 12.2. The molecule has 0 fully saturated rings. The van der Waals surface area contributed by atoms with E-state index < -0.39 is 0 Å². The minimum Gasteiger partial charge on any atom is -0.376 e. The molecule has 122 valence electrons. The highest BCUT2D eigenvalue weighted by atomic mass is 16.2. The fourth-order valence-corrected chi connectivity index (χ4v) is 2.11. The van der Waals surface area contributed by atoms with Gasteiger partial charge in [-0.05, 0) is 37.1 Å². The van der Waals surface area contributed by atoms with Crippen molar-refractivity contribution in [2.24, 2.45) is 0 Å². The number of carbonyl (C=O) groups is 2. The van der Waals surface area contributed by atoms with Crippen molar-refractivity contribution in [2.45, 2.75) is 40.0 Å². The van der Waals surface area contributed by atoms with Gasteiger partial charge in [-0.3, -0.25) is 9.59 Å². The van der Waals surface area contributed by atoms with Gasteiger partial charge in [-0.1, -0.05) is 20.8 Å². The van der Waals surface area contributed by atoms with Crippen LogP contribution in [0.15, 0.2) is 24.3 Å². The number of hydrogen-bond donors (Lipinski definition) is 2. The molecular formula is C17H27N3O2. The first kappa shape index (κ1) is 18.0. The topological polar surface area (TPSA) is 61.4 Å². The minimum atomic E-state index is -0.00865. The van der Waals surface area contributed by atoms with E-state index in [2.05, 4.69) is 24.5 Å². The second-order valence-corrected chi connectivity index (χ2v) is 5.21. The van der Waals surface area contributed by atoms with Crippen LogP contribution in [-0.2, 0) is 9.59 Å². The Morgan fingerprint density at radius 2 is 1.50 bits per heavy atom. The molecule has 0 bridgehead atoms. The summed E-state index contributed by atoms with van der Waals surface area (Å²) in [7, 11) is 0. The van der Waals surface area contributed by atoms with E-state index in [4.69, 9.17) is 0 Å². The molecule has 0 saturated heterocycles. The Hall–Kier alpha value is -2.04. The van der Waals surface area contributed by atoms with E-state index >= 15 is 0 Å². The largest absolute Gasteiger partial charge is 0.376 e. The van der Waals surface area contributed by atoms with Gasteiger partial charge in [0.1, 0.15) is 0 Å². The molecule has 2 N–H and O–H groups in total. The lowest BCUT2D eigenvalue weighted by Crippen LogP contribution is -2.36. The van der Waals surface area contributed by atoms with Crippen LogP contribution in [0.3, 0.4) is 0 Å². The van der Waals surface area contributed by atoms with E-state index in [9.17, 15) is 9.59 Å². The van der Waals surface area contributed by atoms with E-state index in [0.717, 1.165) is 37.3 Å². The minimum absolute atomic E-state index is 0.00865. The average Bonchev–Trinajstić information content (AvgIpc) is 2.53. The van der Waals surface area contributed by atoms with Crippen LogP contribution in [-0.4, -0.2) is 36.3 Å². The van der Waals surface area contributed by atoms with Gasteiger partial charge in [-0.15, -0.1) is 0 Å². The van der Waals surface area contributed by atoms with Crippen LogP contribution in [0.4, 0.5) is 11.4 Å². The molecule has 0 heterocycles. The third-order valence-corrected chi connectivity index (χ3v) is 3.27. The van der Waals surface area contributed by atoms with Crippen molar-refractivity contribution in [3.05, 3.63) is 24.3 Å². The number of nitrogens with zero attached hydrogens (tertiary/aromatic N) is 1. The van der Waals surface area contributed by atoms with E-state index in [-0.39, 0.29) is 11.8 Å². The zero-order chi connectivity index (χ0) is 16.4. The van der Waals surface area contributed by atoms with Gasteiger partial charge in [0.2, 0.25) is 11.8 Å². The summed E-state index contributed by atoms with van der Waals surface area (Å²) < 4.78 is 0. The van der Waals surface area contributed by atoms with Crippen LogP contribution in [0.1, 0.15) is 40.0 Å². The molecule has 0 atom stereocenters. The first-order valence-corrected chi connectivity index (χ1v) is 8.02. The molecule has 0 unspecified atom stereocenters. The maximum absolute atomic E-state index is 12.2. The molecule has 0 aliphatic heterocycles. The molecule has 5 heteroatoms. The Balaban J connectivity index is 2.49. The molecular weight excluding hydrogens is 278 g/mol. The normalized spacial score (nSPS) is 10.1. The third kappa shape index (κ3) is 6.16. The Morgan fingerprint density at radius 1 is 0.955 bits per heavy atom. The van der Waals surface area contributed by atoms with Gasteiger partial charge in [0, 0.05) is 30.9 Å². The molecule has 2 amide bonds. The van der Waals surface area contributed by atoms with Crippen LogP contribution >= 0.6 is 0 Å². The lowest BCUT2D eigenvalue weighted by atomic mass is 10.2. The second kappa shape index (κ2) is 9.82. The van der Waals surface area contributed by atoms with Gasteiger partial charge >= 0.3 is 0 Å². The van der Waals surface area contributed by atoms with Crippen molar-refractivity contribution < 1.29 is 9.59 Å². The molecule has 0 aliphatic carbocycles. The number of rotatable bonds is 9. The summed E-state index contributed by atoms with van der Waals surface area (Å²) in [6, 6.07) is 7.39. The molecule has 22 heavy (non-hydrogen) atoms. The molecule has 1 rings (SSSR count). The molecule has 1 aromatic carbocycles. The summed E-state index contributed by atoms with van der Waals surface area (Å²) in [5, 5.41) is 5.93. The Morgan fingerprint density at radius 3 is 2.00 bits per heavy atom. The second-order valence-electron chi connectivity index (χ2n) is 5.21. The van der Waals surface area contributed by atoms with Crippen LogP contribution in [0.2, 0.25) is 0 Å². The predicted molar refractivity (Wildman–Crippen MR) is 91.0 cm³/mol. The van der Waals surface area contributed by atoms with Crippen molar-refractivity contribution in [3.8, 4) is 0 Å². The van der Waals surface area contributed by atoms with Crippen molar-refractivity contribution in [1.82, 2.24) is 4.90 Å². The number of nitrogens with one attached hydrogen (secondary N) is 2. The van der Waals surface area contributed by atoms with Gasteiger partial charge in [-0.2, -0.15) is 0 Å². The molecule has 0 saturated carbocycles. The zero-order valence-electron chi connectivity index (χ0n) is 13.8. The monoisotopic (exact) mass is 305 g/mol. The van der Waals surface area contributed by atoms with Gasteiger partial charge < -0.3 is 15.5 Å². The molecule has 5 nitrogen and oxygen atoms in total. The number of amides is 2. The molecule has 0 aromatic heterocycles. The van der Waals surface area contributed by atoms with Crippen molar-refractivity contribution in [2.75, 3.05) is 30.3 Å². The van der Waals surface area contributed by atoms with Crippen molar-refractivity contribution >= 4 is 23.2 Å². The van der Waals surface area contributed by atoms with Crippen molar-refractivity contribution in [3.63, 3.8) is 0 Å². The maximum Gasteiger partial charge on any atom is 0.241 e. The summed E-state index contributed by atoms with van der Waals surface area (Å²) in [5.74, 6) is 0.109. The molecule has 0 radical (unpaired) electrons. The Kier molecular flexibility index (Phi) is 8.04. The van der Waals surface area contributed by atoms with E-state index in [0.29, 0.717) is 13.0 Å². The van der Waals surface area contributed by atoms with E-state index in [1.54, 1.807) is 0 Å². The summed E-state index contributed by atoms with van der Waals surface area (Å²) in [4.78, 5) is 25.3. The van der Waals surface area contributed by atoms with Gasteiger partial charge in [0.25, 0.3) is 0 Å². The third-order valence-electron chi connectivity index (χ3n) is 3.27. The Bertz CT molecular complexity index is 465. The molecule has 1 aromatic rings. The summed E-state index contributed by atoms with van der Waals surface area (Å²) in [5.41, 5.74) is 1.64. The van der Waals surface area contributed by atoms with Gasteiger partial charge in [0.15, 0.2) is 0 Å². The Labute approximate surface area is 133 Å².